The molecule has 0 radical (unpaired) electrons. The topological polar surface area (TPSA) is 74.5 Å². The van der Waals surface area contributed by atoms with Gasteiger partial charge in [0.15, 0.2) is 5.82 Å². The third-order valence-corrected chi connectivity index (χ3v) is 6.40. The molecule has 0 spiro atoms. The lowest BCUT2D eigenvalue weighted by Gasteiger charge is -2.33. The van der Waals surface area contributed by atoms with Crippen molar-refractivity contribution in [2.75, 3.05) is 39.3 Å². The number of nitrogens with zero attached hydrogens (tertiary/aromatic N) is 4. The Labute approximate surface area is 161 Å². The molecule has 1 saturated carbocycles. The molecule has 1 aromatic heterocycles. The number of urea groups is 1. The summed E-state index contributed by atoms with van der Waals surface area (Å²) in [6.45, 7) is 5.59. The van der Waals surface area contributed by atoms with Gasteiger partial charge in [-0.1, -0.05) is 30.8 Å². The number of aromatic nitrogens is 2. The molecule has 4 rings (SSSR count). The fourth-order valence-electron chi connectivity index (χ4n) is 4.81. The fraction of sp³-hybridized carbons (Fsp3) is 0.850. The van der Waals surface area contributed by atoms with Gasteiger partial charge in [-0.15, -0.1) is 0 Å². The molecule has 1 unspecified atom stereocenters. The zero-order valence-electron chi connectivity index (χ0n) is 16.4. The Kier molecular flexibility index (Phi) is 6.27. The summed E-state index contributed by atoms with van der Waals surface area (Å²) in [5.74, 6) is 2.84. The van der Waals surface area contributed by atoms with Gasteiger partial charge in [0.1, 0.15) is 0 Å². The number of hydrogen-bond donors (Lipinski definition) is 1. The van der Waals surface area contributed by atoms with Crippen LogP contribution in [0.5, 0.6) is 0 Å². The van der Waals surface area contributed by atoms with Gasteiger partial charge in [0.05, 0.1) is 0 Å². The number of carbonyl (C=O) groups is 1. The first-order chi connectivity index (χ1) is 13.3. The van der Waals surface area contributed by atoms with E-state index in [1.54, 1.807) is 0 Å². The Morgan fingerprint density at radius 3 is 2.67 bits per heavy atom. The van der Waals surface area contributed by atoms with Gasteiger partial charge in [0.25, 0.3) is 0 Å². The quantitative estimate of drug-likeness (QED) is 0.774. The van der Waals surface area contributed by atoms with Crippen LogP contribution in [0.4, 0.5) is 4.79 Å². The van der Waals surface area contributed by atoms with Crippen molar-refractivity contribution in [1.82, 2.24) is 25.3 Å². The summed E-state index contributed by atoms with van der Waals surface area (Å²) in [6, 6.07) is 0.0838. The molecular weight excluding hydrogens is 342 g/mol. The van der Waals surface area contributed by atoms with Gasteiger partial charge in [0, 0.05) is 45.1 Å². The highest BCUT2D eigenvalue weighted by atomic mass is 16.5. The Balaban J connectivity index is 1.26. The smallest absolute Gasteiger partial charge is 0.317 e. The molecule has 7 nitrogen and oxygen atoms in total. The van der Waals surface area contributed by atoms with Crippen molar-refractivity contribution in [3.8, 4) is 0 Å². The van der Waals surface area contributed by atoms with Crippen LogP contribution in [0, 0.1) is 5.92 Å². The summed E-state index contributed by atoms with van der Waals surface area (Å²) in [6.07, 6.45) is 11.0. The highest BCUT2D eigenvalue weighted by Crippen LogP contribution is 2.30. The number of carbonyl (C=O) groups excluding carboxylic acids is 1. The first-order valence-electron chi connectivity index (χ1n) is 10.9. The SMILES string of the molecule is O=C1NCCN1CCN1CCCC(Cc2nc(C3CCCCCC3)no2)C1. The van der Waals surface area contributed by atoms with Crippen molar-refractivity contribution in [2.45, 2.75) is 63.7 Å². The maximum absolute atomic E-state index is 11.7. The predicted octanol–water partition coefficient (Wildman–Crippen LogP) is 2.79. The van der Waals surface area contributed by atoms with Crippen molar-refractivity contribution < 1.29 is 9.32 Å². The molecule has 1 aromatic rings. The predicted molar refractivity (Wildman–Crippen MR) is 103 cm³/mol. The fourth-order valence-corrected chi connectivity index (χ4v) is 4.81. The molecule has 0 aromatic carbocycles. The Morgan fingerprint density at radius 2 is 1.89 bits per heavy atom. The van der Waals surface area contributed by atoms with Gasteiger partial charge in [0.2, 0.25) is 5.89 Å². The highest BCUT2D eigenvalue weighted by Gasteiger charge is 2.26. The summed E-state index contributed by atoms with van der Waals surface area (Å²) in [7, 11) is 0. The summed E-state index contributed by atoms with van der Waals surface area (Å²) in [4.78, 5) is 20.8. The lowest BCUT2D eigenvalue weighted by atomic mass is 9.94. The van der Waals surface area contributed by atoms with Crippen molar-refractivity contribution in [3.05, 3.63) is 11.7 Å². The van der Waals surface area contributed by atoms with Crippen LogP contribution in [0.25, 0.3) is 0 Å². The molecule has 2 saturated heterocycles. The summed E-state index contributed by atoms with van der Waals surface area (Å²) < 4.78 is 5.61. The number of nitrogens with one attached hydrogen (secondary N) is 1. The Bertz CT molecular complexity index is 611. The standard InChI is InChI=1S/C20H33N5O2/c26-20-21-9-11-25(20)13-12-24-10-5-6-16(15-24)14-18-22-19(23-27-18)17-7-3-1-2-4-8-17/h16-17H,1-15H2,(H,21,26). The minimum Gasteiger partial charge on any atom is -0.339 e. The van der Waals surface area contributed by atoms with Gasteiger partial charge in [-0.25, -0.2) is 4.79 Å². The monoisotopic (exact) mass is 375 g/mol. The highest BCUT2D eigenvalue weighted by molar-refractivity contribution is 5.76. The molecule has 3 aliphatic rings. The molecule has 27 heavy (non-hydrogen) atoms. The molecule has 3 fully saturated rings. The summed E-state index contributed by atoms with van der Waals surface area (Å²) in [5.41, 5.74) is 0. The lowest BCUT2D eigenvalue weighted by Crippen LogP contribution is -2.42. The van der Waals surface area contributed by atoms with Crippen LogP contribution < -0.4 is 5.32 Å². The minimum atomic E-state index is 0.0838. The molecular formula is C20H33N5O2. The molecule has 1 N–H and O–H groups in total. The number of hydrogen-bond acceptors (Lipinski definition) is 5. The second-order valence-corrected chi connectivity index (χ2v) is 8.47. The van der Waals surface area contributed by atoms with E-state index < -0.39 is 0 Å². The second kappa shape index (κ2) is 9.04. The van der Waals surface area contributed by atoms with Gasteiger partial charge in [-0.3, -0.25) is 0 Å². The molecule has 1 atom stereocenters. The van der Waals surface area contributed by atoms with Crippen LogP contribution in [0.3, 0.4) is 0 Å². The Hall–Kier alpha value is -1.63. The van der Waals surface area contributed by atoms with E-state index in [9.17, 15) is 4.79 Å². The third-order valence-electron chi connectivity index (χ3n) is 6.40. The molecule has 1 aliphatic carbocycles. The molecule has 7 heteroatoms. The zero-order chi connectivity index (χ0) is 18.5. The maximum Gasteiger partial charge on any atom is 0.317 e. The van der Waals surface area contributed by atoms with Gasteiger partial charge in [-0.2, -0.15) is 4.98 Å². The normalized spacial score (nSPS) is 25.6. The number of rotatable bonds is 6. The maximum atomic E-state index is 11.7. The molecule has 0 bridgehead atoms. The number of piperidine rings is 1. The largest absolute Gasteiger partial charge is 0.339 e. The molecule has 3 heterocycles. The van der Waals surface area contributed by atoms with Crippen molar-refractivity contribution in [3.63, 3.8) is 0 Å². The van der Waals surface area contributed by atoms with Crippen LogP contribution in [0.1, 0.15) is 69.0 Å². The van der Waals surface area contributed by atoms with Gasteiger partial charge in [-0.05, 0) is 38.1 Å². The van der Waals surface area contributed by atoms with Gasteiger partial charge >= 0.3 is 6.03 Å². The second-order valence-electron chi connectivity index (χ2n) is 8.47. The molecule has 150 valence electrons. The lowest BCUT2D eigenvalue weighted by molar-refractivity contribution is 0.152. The number of likely N-dealkylation sites (tertiary alicyclic amines) is 1. The van der Waals surface area contributed by atoms with Gasteiger partial charge < -0.3 is 19.6 Å². The van der Waals surface area contributed by atoms with Crippen molar-refractivity contribution >= 4 is 6.03 Å². The van der Waals surface area contributed by atoms with Crippen molar-refractivity contribution in [2.24, 2.45) is 5.92 Å². The van der Waals surface area contributed by atoms with Crippen LogP contribution in [0.15, 0.2) is 4.52 Å². The molecule has 2 amide bonds. The Morgan fingerprint density at radius 1 is 1.04 bits per heavy atom. The van der Waals surface area contributed by atoms with Crippen LogP contribution >= 0.6 is 0 Å². The first-order valence-corrected chi connectivity index (χ1v) is 10.9. The van der Waals surface area contributed by atoms with E-state index in [1.165, 1.54) is 51.4 Å². The van der Waals surface area contributed by atoms with Crippen LogP contribution in [-0.4, -0.2) is 65.2 Å². The third kappa shape index (κ3) is 5.00. The van der Waals surface area contributed by atoms with Crippen molar-refractivity contribution in [1.29, 1.82) is 0 Å². The number of amides is 2. The van der Waals surface area contributed by atoms with E-state index in [2.05, 4.69) is 15.4 Å². The van der Waals surface area contributed by atoms with Crippen LogP contribution in [-0.2, 0) is 6.42 Å². The van der Waals surface area contributed by atoms with E-state index in [0.29, 0.717) is 11.8 Å². The molecule has 2 aliphatic heterocycles. The average molecular weight is 376 g/mol. The summed E-state index contributed by atoms with van der Waals surface area (Å²) >= 11 is 0. The average Bonchev–Trinajstić information content (AvgIpc) is 3.21. The van der Waals surface area contributed by atoms with E-state index in [4.69, 9.17) is 9.51 Å². The van der Waals surface area contributed by atoms with E-state index in [-0.39, 0.29) is 6.03 Å². The van der Waals surface area contributed by atoms with E-state index in [0.717, 1.165) is 57.4 Å². The summed E-state index contributed by atoms with van der Waals surface area (Å²) in [5, 5.41) is 7.19. The first kappa shape index (κ1) is 18.7. The zero-order valence-corrected chi connectivity index (χ0v) is 16.4. The minimum absolute atomic E-state index is 0.0838. The van der Waals surface area contributed by atoms with Crippen LogP contribution in [0.2, 0.25) is 0 Å². The van der Waals surface area contributed by atoms with E-state index >= 15 is 0 Å². The van der Waals surface area contributed by atoms with E-state index in [1.807, 2.05) is 4.90 Å².